The minimum Gasteiger partial charge on any atom is -0.496 e. The number of hydrogen-bond donors (Lipinski definition) is 2. The van der Waals surface area contributed by atoms with Crippen molar-refractivity contribution in [2.75, 3.05) is 27.3 Å². The fourth-order valence-electron chi connectivity index (χ4n) is 2.24. The Labute approximate surface area is 141 Å². The Kier molecular flexibility index (Phi) is 7.68. The fraction of sp³-hybridized carbons (Fsp3) is 0.562. The fourth-order valence-corrected chi connectivity index (χ4v) is 2.73. The molecule has 22 heavy (non-hydrogen) atoms. The van der Waals surface area contributed by atoms with Crippen LogP contribution in [-0.2, 0) is 11.3 Å². The van der Waals surface area contributed by atoms with E-state index < -0.39 is 0 Å². The van der Waals surface area contributed by atoms with Gasteiger partial charge in [0.15, 0.2) is 6.54 Å². The number of rotatable bonds is 8. The Hall–Kier alpha value is -1.27. The number of halogens is 1. The highest BCUT2D eigenvalue weighted by Crippen LogP contribution is 2.32. The molecule has 0 spiro atoms. The smallest absolute Gasteiger partial charge is 0.275 e. The number of ether oxygens (including phenoxy) is 2. The number of likely N-dealkylation sites (N-methyl/N-ethyl adjacent to an activating group) is 1. The maximum atomic E-state index is 11.9. The Morgan fingerprint density at radius 2 is 1.91 bits per heavy atom. The SMILES string of the molecule is CC[NH+](CC(=O)NC(C)C)Cc1cc(OC)c(Br)cc1OC. The molecule has 1 unspecified atom stereocenters. The first-order chi connectivity index (χ1) is 10.4. The molecule has 1 aromatic carbocycles. The largest absolute Gasteiger partial charge is 0.496 e. The van der Waals surface area contributed by atoms with Crippen LogP contribution in [0, 0.1) is 0 Å². The number of methoxy groups -OCH3 is 2. The third-order valence-electron chi connectivity index (χ3n) is 3.36. The summed E-state index contributed by atoms with van der Waals surface area (Å²) in [7, 11) is 3.28. The Morgan fingerprint density at radius 1 is 1.27 bits per heavy atom. The summed E-state index contributed by atoms with van der Waals surface area (Å²) in [6.07, 6.45) is 0. The zero-order chi connectivity index (χ0) is 16.7. The second-order valence-electron chi connectivity index (χ2n) is 5.48. The summed E-state index contributed by atoms with van der Waals surface area (Å²) in [5.41, 5.74) is 1.02. The zero-order valence-electron chi connectivity index (χ0n) is 14.0. The van der Waals surface area contributed by atoms with Gasteiger partial charge in [0.1, 0.15) is 18.0 Å². The summed E-state index contributed by atoms with van der Waals surface area (Å²) in [6.45, 7) is 8.00. The number of hydrogen-bond acceptors (Lipinski definition) is 3. The van der Waals surface area contributed by atoms with Crippen LogP contribution in [0.2, 0.25) is 0 Å². The molecule has 0 bridgehead atoms. The second kappa shape index (κ2) is 9.00. The van der Waals surface area contributed by atoms with Crippen molar-refractivity contribution in [1.82, 2.24) is 5.32 Å². The third-order valence-corrected chi connectivity index (χ3v) is 3.98. The molecule has 0 aromatic heterocycles. The summed E-state index contributed by atoms with van der Waals surface area (Å²) in [5, 5.41) is 2.93. The zero-order valence-corrected chi connectivity index (χ0v) is 15.5. The quantitative estimate of drug-likeness (QED) is 0.723. The lowest BCUT2D eigenvalue weighted by Gasteiger charge is -2.20. The van der Waals surface area contributed by atoms with Gasteiger partial charge in [-0.2, -0.15) is 0 Å². The molecule has 0 saturated carbocycles. The molecule has 0 fully saturated rings. The van der Waals surface area contributed by atoms with Crippen LogP contribution in [0.1, 0.15) is 26.3 Å². The number of amides is 1. The molecule has 5 nitrogen and oxygen atoms in total. The molecular formula is C16H26BrN2O3+. The van der Waals surface area contributed by atoms with E-state index in [9.17, 15) is 4.79 Å². The van der Waals surface area contributed by atoms with Gasteiger partial charge in [0.25, 0.3) is 5.91 Å². The lowest BCUT2D eigenvalue weighted by atomic mass is 10.1. The average molecular weight is 374 g/mol. The predicted octanol–water partition coefficient (Wildman–Crippen LogP) is 1.40. The summed E-state index contributed by atoms with van der Waals surface area (Å²) in [5.74, 6) is 1.62. The van der Waals surface area contributed by atoms with Crippen LogP contribution < -0.4 is 19.7 Å². The maximum absolute atomic E-state index is 11.9. The molecule has 0 radical (unpaired) electrons. The Morgan fingerprint density at radius 3 is 2.41 bits per heavy atom. The lowest BCUT2D eigenvalue weighted by molar-refractivity contribution is -0.904. The van der Waals surface area contributed by atoms with Gasteiger partial charge in [0.05, 0.1) is 30.8 Å². The van der Waals surface area contributed by atoms with Gasteiger partial charge in [-0.1, -0.05) is 0 Å². The van der Waals surface area contributed by atoms with E-state index in [1.807, 2.05) is 26.0 Å². The molecule has 1 rings (SSSR count). The van der Waals surface area contributed by atoms with E-state index in [0.717, 1.165) is 28.1 Å². The van der Waals surface area contributed by atoms with Crippen LogP contribution in [0.3, 0.4) is 0 Å². The predicted molar refractivity (Wildman–Crippen MR) is 90.6 cm³/mol. The van der Waals surface area contributed by atoms with E-state index in [1.54, 1.807) is 14.2 Å². The molecule has 0 heterocycles. The molecule has 0 aliphatic heterocycles. The van der Waals surface area contributed by atoms with Gasteiger partial charge in [0.2, 0.25) is 0 Å². The Balaban J connectivity index is 2.88. The minimum atomic E-state index is 0.0647. The van der Waals surface area contributed by atoms with Gasteiger partial charge in [-0.15, -0.1) is 0 Å². The normalized spacial score (nSPS) is 12.1. The summed E-state index contributed by atoms with van der Waals surface area (Å²) in [6, 6.07) is 4.02. The first kappa shape index (κ1) is 18.8. The topological polar surface area (TPSA) is 52.0 Å². The molecule has 0 aliphatic rings. The van der Waals surface area contributed by atoms with Gasteiger partial charge in [-0.3, -0.25) is 4.79 Å². The number of carbonyl (C=O) groups excluding carboxylic acids is 1. The van der Waals surface area contributed by atoms with Crippen molar-refractivity contribution in [2.24, 2.45) is 0 Å². The van der Waals surface area contributed by atoms with Crippen LogP contribution >= 0.6 is 15.9 Å². The number of carbonyl (C=O) groups is 1. The van der Waals surface area contributed by atoms with Gasteiger partial charge in [0, 0.05) is 6.04 Å². The monoisotopic (exact) mass is 373 g/mol. The van der Waals surface area contributed by atoms with Crippen molar-refractivity contribution in [3.63, 3.8) is 0 Å². The van der Waals surface area contributed by atoms with E-state index in [1.165, 1.54) is 4.90 Å². The third kappa shape index (κ3) is 5.50. The Bertz CT molecular complexity index is 506. The van der Waals surface area contributed by atoms with Gasteiger partial charge in [-0.25, -0.2) is 0 Å². The maximum Gasteiger partial charge on any atom is 0.275 e. The van der Waals surface area contributed by atoms with Crippen LogP contribution in [0.15, 0.2) is 16.6 Å². The molecule has 1 atom stereocenters. The summed E-state index contributed by atoms with van der Waals surface area (Å²) >= 11 is 3.46. The number of quaternary nitrogens is 1. The van der Waals surface area contributed by atoms with Gasteiger partial charge >= 0.3 is 0 Å². The van der Waals surface area contributed by atoms with E-state index >= 15 is 0 Å². The van der Waals surface area contributed by atoms with Gasteiger partial charge < -0.3 is 19.7 Å². The highest BCUT2D eigenvalue weighted by Gasteiger charge is 2.18. The standard InChI is InChI=1S/C16H25BrN2O3/c1-6-19(10-16(20)18-11(2)3)9-12-7-15(22-5)13(17)8-14(12)21-4/h7-8,11H,6,9-10H2,1-5H3,(H,18,20)/p+1. The van der Waals surface area contributed by atoms with Gasteiger partial charge in [-0.05, 0) is 48.8 Å². The first-order valence-electron chi connectivity index (χ1n) is 7.44. The number of benzene rings is 1. The molecule has 0 saturated heterocycles. The van der Waals surface area contributed by atoms with Crippen LogP contribution in [0.5, 0.6) is 11.5 Å². The van der Waals surface area contributed by atoms with Crippen LogP contribution in [0.4, 0.5) is 0 Å². The van der Waals surface area contributed by atoms with E-state index in [-0.39, 0.29) is 11.9 Å². The van der Waals surface area contributed by atoms with Crippen molar-refractivity contribution < 1.29 is 19.2 Å². The molecule has 2 N–H and O–H groups in total. The van der Waals surface area contributed by atoms with Crippen LogP contribution in [-0.4, -0.2) is 39.3 Å². The molecular weight excluding hydrogens is 348 g/mol. The van der Waals surface area contributed by atoms with Crippen LogP contribution in [0.25, 0.3) is 0 Å². The summed E-state index contributed by atoms with van der Waals surface area (Å²) < 4.78 is 11.6. The summed E-state index contributed by atoms with van der Waals surface area (Å²) in [4.78, 5) is 13.1. The van der Waals surface area contributed by atoms with E-state index in [4.69, 9.17) is 9.47 Å². The molecule has 0 aliphatic carbocycles. The van der Waals surface area contributed by atoms with Crippen molar-refractivity contribution in [1.29, 1.82) is 0 Å². The number of nitrogens with one attached hydrogen (secondary N) is 2. The van der Waals surface area contributed by atoms with E-state index in [2.05, 4.69) is 28.2 Å². The van der Waals surface area contributed by atoms with Crippen molar-refractivity contribution >= 4 is 21.8 Å². The van der Waals surface area contributed by atoms with Crippen molar-refractivity contribution in [3.8, 4) is 11.5 Å². The minimum absolute atomic E-state index is 0.0647. The lowest BCUT2D eigenvalue weighted by Crippen LogP contribution is -3.11. The second-order valence-corrected chi connectivity index (χ2v) is 6.33. The average Bonchev–Trinajstić information content (AvgIpc) is 2.46. The molecule has 1 amide bonds. The van der Waals surface area contributed by atoms with Crippen molar-refractivity contribution in [3.05, 3.63) is 22.2 Å². The van der Waals surface area contributed by atoms with E-state index in [0.29, 0.717) is 13.1 Å². The molecule has 1 aromatic rings. The first-order valence-corrected chi connectivity index (χ1v) is 8.23. The van der Waals surface area contributed by atoms with Crippen molar-refractivity contribution in [2.45, 2.75) is 33.4 Å². The highest BCUT2D eigenvalue weighted by molar-refractivity contribution is 9.10. The molecule has 6 heteroatoms. The molecule has 124 valence electrons. The highest BCUT2D eigenvalue weighted by atomic mass is 79.9.